The van der Waals surface area contributed by atoms with E-state index in [1.165, 1.54) is 11.1 Å². The number of anilines is 1. The number of rotatable bonds is 4. The van der Waals surface area contributed by atoms with Crippen LogP contribution in [0.3, 0.4) is 0 Å². The Labute approximate surface area is 201 Å². The van der Waals surface area contributed by atoms with Crippen molar-refractivity contribution in [1.29, 1.82) is 0 Å². The molecule has 2 amide bonds. The Bertz CT molecular complexity index is 1220. The largest absolute Gasteiger partial charge is 0.377 e. The molecular weight excluding hydrogens is 422 g/mol. The van der Waals surface area contributed by atoms with Crippen LogP contribution in [0, 0.1) is 0 Å². The van der Waals surface area contributed by atoms with E-state index in [4.69, 9.17) is 0 Å². The molecule has 0 bridgehead atoms. The van der Waals surface area contributed by atoms with Gasteiger partial charge in [-0.05, 0) is 53.6 Å². The minimum absolute atomic E-state index is 0.0133. The summed E-state index contributed by atoms with van der Waals surface area (Å²) in [5.74, 6) is -0.185. The maximum Gasteiger partial charge on any atom is 0.256 e. The topological polar surface area (TPSA) is 52.7 Å². The van der Waals surface area contributed by atoms with Gasteiger partial charge in [0.15, 0.2) is 0 Å². The van der Waals surface area contributed by atoms with E-state index in [0.717, 1.165) is 36.1 Å². The SMILES string of the molecule is CN(C)c1ccccc1C(=O)N1Cc2ccccc2CC1C(=O)NC1CCCc2ccccc21. The first-order valence-electron chi connectivity index (χ1n) is 12.0. The summed E-state index contributed by atoms with van der Waals surface area (Å²) in [7, 11) is 3.87. The maximum atomic E-state index is 13.9. The molecule has 1 aliphatic heterocycles. The maximum absolute atomic E-state index is 13.9. The van der Waals surface area contributed by atoms with E-state index in [2.05, 4.69) is 35.6 Å². The first kappa shape index (κ1) is 22.2. The average molecular weight is 454 g/mol. The smallest absolute Gasteiger partial charge is 0.256 e. The standard InChI is InChI=1S/C29H31N3O2/c1-31(2)26-17-8-7-15-24(26)29(34)32-19-22-12-4-3-11-21(22)18-27(32)28(33)30-25-16-9-13-20-10-5-6-14-23(20)25/h3-8,10-12,14-15,17,25,27H,9,13,16,18-19H2,1-2H3,(H,30,33). The van der Waals surface area contributed by atoms with Gasteiger partial charge >= 0.3 is 0 Å². The molecular formula is C29H31N3O2. The highest BCUT2D eigenvalue weighted by atomic mass is 16.2. The third-order valence-electron chi connectivity index (χ3n) is 7.11. The number of nitrogens with one attached hydrogen (secondary N) is 1. The lowest BCUT2D eigenvalue weighted by atomic mass is 9.87. The number of fused-ring (bicyclic) bond motifs is 2. The number of carbonyl (C=O) groups is 2. The van der Waals surface area contributed by atoms with Gasteiger partial charge in [-0.2, -0.15) is 0 Å². The Morgan fingerprint density at radius 3 is 2.35 bits per heavy atom. The van der Waals surface area contributed by atoms with Crippen LogP contribution in [0.1, 0.15) is 51.5 Å². The van der Waals surface area contributed by atoms with E-state index in [0.29, 0.717) is 18.5 Å². The molecule has 174 valence electrons. The summed E-state index contributed by atoms with van der Waals surface area (Å²) in [6.07, 6.45) is 3.54. The van der Waals surface area contributed by atoms with Crippen molar-refractivity contribution in [3.05, 3.63) is 101 Å². The van der Waals surface area contributed by atoms with E-state index >= 15 is 0 Å². The summed E-state index contributed by atoms with van der Waals surface area (Å²) in [5, 5.41) is 3.31. The lowest BCUT2D eigenvalue weighted by Crippen LogP contribution is -2.53. The number of aryl methyl sites for hydroxylation is 1. The quantitative estimate of drug-likeness (QED) is 0.632. The van der Waals surface area contributed by atoms with Crippen LogP contribution >= 0.6 is 0 Å². The molecule has 5 rings (SSSR count). The van der Waals surface area contributed by atoms with Crippen molar-refractivity contribution in [3.63, 3.8) is 0 Å². The fraction of sp³-hybridized carbons (Fsp3) is 0.310. The molecule has 2 unspecified atom stereocenters. The number of nitrogens with zero attached hydrogens (tertiary/aromatic N) is 2. The minimum atomic E-state index is -0.549. The van der Waals surface area contributed by atoms with Crippen molar-refractivity contribution < 1.29 is 9.59 Å². The number of amides is 2. The molecule has 1 N–H and O–H groups in total. The molecule has 3 aromatic rings. The normalized spacial score (nSPS) is 19.1. The summed E-state index contributed by atoms with van der Waals surface area (Å²) >= 11 is 0. The zero-order valence-electron chi connectivity index (χ0n) is 19.8. The number of para-hydroxylation sites is 1. The lowest BCUT2D eigenvalue weighted by molar-refractivity contribution is -0.127. The molecule has 2 atom stereocenters. The number of hydrogen-bond acceptors (Lipinski definition) is 3. The van der Waals surface area contributed by atoms with Gasteiger partial charge < -0.3 is 15.1 Å². The van der Waals surface area contributed by atoms with Gasteiger partial charge in [-0.25, -0.2) is 0 Å². The molecule has 1 aliphatic carbocycles. The zero-order chi connectivity index (χ0) is 23.7. The van der Waals surface area contributed by atoms with Gasteiger partial charge in [-0.1, -0.05) is 60.7 Å². The molecule has 0 radical (unpaired) electrons. The van der Waals surface area contributed by atoms with Crippen LogP contribution in [-0.2, 0) is 24.2 Å². The Morgan fingerprint density at radius 2 is 1.56 bits per heavy atom. The van der Waals surface area contributed by atoms with E-state index in [-0.39, 0.29) is 17.9 Å². The molecule has 0 spiro atoms. The molecule has 0 saturated carbocycles. The van der Waals surface area contributed by atoms with Gasteiger partial charge in [-0.3, -0.25) is 9.59 Å². The van der Waals surface area contributed by atoms with Gasteiger partial charge in [-0.15, -0.1) is 0 Å². The van der Waals surface area contributed by atoms with Crippen molar-refractivity contribution in [2.75, 3.05) is 19.0 Å². The van der Waals surface area contributed by atoms with Gasteiger partial charge in [0, 0.05) is 32.7 Å². The second-order valence-corrected chi connectivity index (χ2v) is 9.49. The van der Waals surface area contributed by atoms with Gasteiger partial charge in [0.1, 0.15) is 6.04 Å². The number of benzene rings is 3. The molecule has 0 fully saturated rings. The summed E-state index contributed by atoms with van der Waals surface area (Å²) in [6, 6.07) is 23.5. The van der Waals surface area contributed by atoms with Crippen molar-refractivity contribution >= 4 is 17.5 Å². The fourth-order valence-corrected chi connectivity index (χ4v) is 5.34. The molecule has 2 aliphatic rings. The molecule has 0 saturated heterocycles. The number of hydrogen-bond donors (Lipinski definition) is 1. The summed E-state index contributed by atoms with van der Waals surface area (Å²) in [4.78, 5) is 31.3. The highest BCUT2D eigenvalue weighted by Crippen LogP contribution is 2.32. The summed E-state index contributed by atoms with van der Waals surface area (Å²) in [5.41, 5.74) is 6.22. The highest BCUT2D eigenvalue weighted by Gasteiger charge is 2.37. The second-order valence-electron chi connectivity index (χ2n) is 9.49. The van der Waals surface area contributed by atoms with Crippen LogP contribution in [-0.4, -0.2) is 36.9 Å². The van der Waals surface area contributed by atoms with E-state index in [9.17, 15) is 9.59 Å². The van der Waals surface area contributed by atoms with Crippen molar-refractivity contribution in [2.24, 2.45) is 0 Å². The predicted molar refractivity (Wildman–Crippen MR) is 135 cm³/mol. The van der Waals surface area contributed by atoms with Crippen molar-refractivity contribution in [2.45, 2.75) is 44.3 Å². The van der Waals surface area contributed by atoms with Crippen LogP contribution < -0.4 is 10.2 Å². The van der Waals surface area contributed by atoms with E-state index in [1.54, 1.807) is 4.90 Å². The Morgan fingerprint density at radius 1 is 0.882 bits per heavy atom. The monoisotopic (exact) mass is 453 g/mol. The lowest BCUT2D eigenvalue weighted by Gasteiger charge is -2.38. The fourth-order valence-electron chi connectivity index (χ4n) is 5.34. The van der Waals surface area contributed by atoms with Crippen LogP contribution in [0.2, 0.25) is 0 Å². The average Bonchev–Trinajstić information content (AvgIpc) is 2.87. The molecule has 3 aromatic carbocycles. The third-order valence-corrected chi connectivity index (χ3v) is 7.11. The summed E-state index contributed by atoms with van der Waals surface area (Å²) in [6.45, 7) is 0.427. The minimum Gasteiger partial charge on any atom is -0.377 e. The van der Waals surface area contributed by atoms with Gasteiger partial charge in [0.05, 0.1) is 11.6 Å². The van der Waals surface area contributed by atoms with E-state index < -0.39 is 6.04 Å². The molecule has 5 nitrogen and oxygen atoms in total. The third kappa shape index (κ3) is 4.18. The molecule has 1 heterocycles. The Hall–Kier alpha value is -3.60. The van der Waals surface area contributed by atoms with Crippen molar-refractivity contribution in [1.82, 2.24) is 10.2 Å². The Kier molecular flexibility index (Phi) is 6.10. The van der Waals surface area contributed by atoms with Gasteiger partial charge in [0.2, 0.25) is 5.91 Å². The molecule has 5 heteroatoms. The second kappa shape index (κ2) is 9.34. The Balaban J connectivity index is 1.47. The van der Waals surface area contributed by atoms with Gasteiger partial charge in [0.25, 0.3) is 5.91 Å². The first-order chi connectivity index (χ1) is 16.5. The van der Waals surface area contributed by atoms with Crippen LogP contribution in [0.4, 0.5) is 5.69 Å². The molecule has 34 heavy (non-hydrogen) atoms. The number of carbonyl (C=O) groups excluding carboxylic acids is 2. The van der Waals surface area contributed by atoms with E-state index in [1.807, 2.05) is 61.5 Å². The first-order valence-corrected chi connectivity index (χ1v) is 12.0. The predicted octanol–water partition coefficient (Wildman–Crippen LogP) is 4.51. The van der Waals surface area contributed by atoms with Crippen LogP contribution in [0.5, 0.6) is 0 Å². The summed E-state index contributed by atoms with van der Waals surface area (Å²) < 4.78 is 0. The van der Waals surface area contributed by atoms with Crippen LogP contribution in [0.25, 0.3) is 0 Å². The highest BCUT2D eigenvalue weighted by molar-refractivity contribution is 6.02. The van der Waals surface area contributed by atoms with Crippen molar-refractivity contribution in [3.8, 4) is 0 Å². The van der Waals surface area contributed by atoms with Crippen LogP contribution in [0.15, 0.2) is 72.8 Å². The molecule has 0 aromatic heterocycles. The zero-order valence-corrected chi connectivity index (χ0v) is 19.8.